The van der Waals surface area contributed by atoms with Gasteiger partial charge in [0.25, 0.3) is 0 Å². The molecule has 0 aliphatic heterocycles. The zero-order chi connectivity index (χ0) is 12.8. The molecule has 0 amide bonds. The van der Waals surface area contributed by atoms with Crippen molar-refractivity contribution in [2.75, 3.05) is 11.9 Å². The maximum Gasteiger partial charge on any atom is 0.223 e. The third-order valence-corrected chi connectivity index (χ3v) is 3.34. The Hall–Kier alpha value is -1.40. The summed E-state index contributed by atoms with van der Waals surface area (Å²) in [6.45, 7) is 2.92. The van der Waals surface area contributed by atoms with E-state index in [4.69, 9.17) is 11.6 Å². The van der Waals surface area contributed by atoms with Crippen LogP contribution in [0.15, 0.2) is 34.8 Å². The molecule has 0 saturated heterocycles. The molecule has 0 radical (unpaired) electrons. The standard InChI is InChI=1S/C11H12ClN5S/c1-2-4-14-11-15-6-8(12)10(17-11)18-9-3-5-13-7-16-9/h3,5-7H,2,4H2,1H3,(H,14,15,17). The molecule has 0 unspecified atom stereocenters. The second-order valence-corrected chi connectivity index (χ2v) is 4.84. The third-order valence-electron chi connectivity index (χ3n) is 2.00. The minimum Gasteiger partial charge on any atom is -0.354 e. The van der Waals surface area contributed by atoms with Crippen LogP contribution in [-0.4, -0.2) is 26.5 Å². The summed E-state index contributed by atoms with van der Waals surface area (Å²) in [5.41, 5.74) is 0. The molecule has 2 aromatic heterocycles. The smallest absolute Gasteiger partial charge is 0.223 e. The van der Waals surface area contributed by atoms with Crippen molar-refractivity contribution >= 4 is 29.3 Å². The van der Waals surface area contributed by atoms with Gasteiger partial charge in [-0.25, -0.2) is 19.9 Å². The van der Waals surface area contributed by atoms with E-state index in [2.05, 4.69) is 32.2 Å². The molecule has 2 rings (SSSR count). The van der Waals surface area contributed by atoms with Gasteiger partial charge >= 0.3 is 0 Å². The van der Waals surface area contributed by atoms with Crippen molar-refractivity contribution in [2.24, 2.45) is 0 Å². The zero-order valence-corrected chi connectivity index (χ0v) is 11.4. The lowest BCUT2D eigenvalue weighted by Gasteiger charge is -2.06. The van der Waals surface area contributed by atoms with E-state index in [1.807, 2.05) is 6.07 Å². The summed E-state index contributed by atoms with van der Waals surface area (Å²) in [5, 5.41) is 5.12. The average Bonchev–Trinajstić information content (AvgIpc) is 2.41. The Balaban J connectivity index is 2.16. The molecular formula is C11H12ClN5S. The first-order chi connectivity index (χ1) is 8.79. The predicted molar refractivity (Wildman–Crippen MR) is 72.0 cm³/mol. The first-order valence-electron chi connectivity index (χ1n) is 5.50. The monoisotopic (exact) mass is 281 g/mol. The van der Waals surface area contributed by atoms with Crippen molar-refractivity contribution in [3.8, 4) is 0 Å². The molecule has 1 N–H and O–H groups in total. The highest BCUT2D eigenvalue weighted by Gasteiger charge is 2.07. The van der Waals surface area contributed by atoms with Crippen LogP contribution in [0.25, 0.3) is 0 Å². The van der Waals surface area contributed by atoms with Gasteiger partial charge < -0.3 is 5.32 Å². The number of anilines is 1. The molecule has 0 aliphatic rings. The lowest BCUT2D eigenvalue weighted by Crippen LogP contribution is -2.04. The van der Waals surface area contributed by atoms with Gasteiger partial charge in [-0.3, -0.25) is 0 Å². The highest BCUT2D eigenvalue weighted by molar-refractivity contribution is 7.99. The van der Waals surface area contributed by atoms with E-state index in [1.54, 1.807) is 12.4 Å². The predicted octanol–water partition coefficient (Wildman–Crippen LogP) is 2.89. The van der Waals surface area contributed by atoms with Crippen molar-refractivity contribution in [1.82, 2.24) is 19.9 Å². The van der Waals surface area contributed by atoms with Crippen LogP contribution in [0, 0.1) is 0 Å². The highest BCUT2D eigenvalue weighted by atomic mass is 35.5. The van der Waals surface area contributed by atoms with E-state index in [1.165, 1.54) is 18.1 Å². The van der Waals surface area contributed by atoms with Gasteiger partial charge in [-0.1, -0.05) is 18.5 Å². The quantitative estimate of drug-likeness (QED) is 0.850. The molecule has 0 bridgehead atoms. The number of aromatic nitrogens is 4. The van der Waals surface area contributed by atoms with Crippen molar-refractivity contribution in [2.45, 2.75) is 23.4 Å². The Morgan fingerprint density at radius 1 is 1.39 bits per heavy atom. The molecule has 0 spiro atoms. The number of halogens is 1. The van der Waals surface area contributed by atoms with Crippen LogP contribution in [0.2, 0.25) is 5.02 Å². The number of nitrogens with zero attached hydrogens (tertiary/aromatic N) is 4. The minimum absolute atomic E-state index is 0.515. The van der Waals surface area contributed by atoms with Gasteiger partial charge in [0, 0.05) is 12.7 Å². The fourth-order valence-electron chi connectivity index (χ4n) is 1.18. The molecule has 0 aliphatic carbocycles. The van der Waals surface area contributed by atoms with Gasteiger partial charge in [0.05, 0.1) is 11.2 Å². The Kier molecular flexibility index (Phi) is 4.72. The van der Waals surface area contributed by atoms with Crippen LogP contribution in [0.5, 0.6) is 0 Å². The normalized spacial score (nSPS) is 10.3. The van der Waals surface area contributed by atoms with Crippen LogP contribution in [0.4, 0.5) is 5.95 Å². The number of rotatable bonds is 5. The van der Waals surface area contributed by atoms with Crippen molar-refractivity contribution in [3.05, 3.63) is 29.8 Å². The summed E-state index contributed by atoms with van der Waals surface area (Å²) >= 11 is 7.45. The van der Waals surface area contributed by atoms with Gasteiger partial charge in [0.2, 0.25) is 5.95 Å². The Morgan fingerprint density at radius 2 is 2.28 bits per heavy atom. The largest absolute Gasteiger partial charge is 0.354 e. The average molecular weight is 282 g/mol. The second kappa shape index (κ2) is 6.51. The van der Waals surface area contributed by atoms with Gasteiger partial charge in [-0.15, -0.1) is 0 Å². The lowest BCUT2D eigenvalue weighted by atomic mass is 10.5. The molecule has 94 valence electrons. The second-order valence-electron chi connectivity index (χ2n) is 3.42. The molecular weight excluding hydrogens is 270 g/mol. The van der Waals surface area contributed by atoms with Crippen molar-refractivity contribution in [3.63, 3.8) is 0 Å². The molecule has 0 fully saturated rings. The van der Waals surface area contributed by atoms with Crippen LogP contribution in [0.3, 0.4) is 0 Å². The molecule has 0 aromatic carbocycles. The van der Waals surface area contributed by atoms with E-state index >= 15 is 0 Å². The topological polar surface area (TPSA) is 63.6 Å². The van der Waals surface area contributed by atoms with Crippen molar-refractivity contribution < 1.29 is 0 Å². The molecule has 2 heterocycles. The van der Waals surface area contributed by atoms with Crippen LogP contribution in [-0.2, 0) is 0 Å². The summed E-state index contributed by atoms with van der Waals surface area (Å²) < 4.78 is 0. The van der Waals surface area contributed by atoms with E-state index in [0.717, 1.165) is 18.0 Å². The van der Waals surface area contributed by atoms with Gasteiger partial charge in [0.15, 0.2) is 0 Å². The lowest BCUT2D eigenvalue weighted by molar-refractivity contribution is 0.934. The van der Waals surface area contributed by atoms with Crippen LogP contribution < -0.4 is 5.32 Å². The van der Waals surface area contributed by atoms with E-state index in [-0.39, 0.29) is 0 Å². The summed E-state index contributed by atoms with van der Waals surface area (Å²) in [6.07, 6.45) is 5.78. The third kappa shape index (κ3) is 3.54. The fraction of sp³-hybridized carbons (Fsp3) is 0.273. The molecule has 18 heavy (non-hydrogen) atoms. The molecule has 0 saturated carbocycles. The molecule has 2 aromatic rings. The summed E-state index contributed by atoms with van der Waals surface area (Å²) in [6, 6.07) is 1.81. The molecule has 0 atom stereocenters. The van der Waals surface area contributed by atoms with Crippen LogP contribution >= 0.6 is 23.4 Å². The SMILES string of the molecule is CCCNc1ncc(Cl)c(Sc2ccncn2)n1. The Bertz CT molecular complexity index is 508. The summed E-state index contributed by atoms with van der Waals surface area (Å²) in [7, 11) is 0. The van der Waals surface area contributed by atoms with Crippen LogP contribution in [0.1, 0.15) is 13.3 Å². The van der Waals surface area contributed by atoms with E-state index < -0.39 is 0 Å². The van der Waals surface area contributed by atoms with Gasteiger partial charge in [-0.05, 0) is 24.2 Å². The Morgan fingerprint density at radius 3 is 3.00 bits per heavy atom. The number of hydrogen-bond donors (Lipinski definition) is 1. The number of nitrogens with one attached hydrogen (secondary N) is 1. The highest BCUT2D eigenvalue weighted by Crippen LogP contribution is 2.30. The maximum atomic E-state index is 6.06. The van der Waals surface area contributed by atoms with E-state index in [9.17, 15) is 0 Å². The summed E-state index contributed by atoms with van der Waals surface area (Å²) in [4.78, 5) is 16.5. The first-order valence-corrected chi connectivity index (χ1v) is 6.69. The number of hydrogen-bond acceptors (Lipinski definition) is 6. The minimum atomic E-state index is 0.515. The fourth-order valence-corrected chi connectivity index (χ4v) is 2.10. The zero-order valence-electron chi connectivity index (χ0n) is 9.80. The molecule has 5 nitrogen and oxygen atoms in total. The summed E-state index contributed by atoms with van der Waals surface area (Å²) in [5.74, 6) is 0.581. The maximum absolute atomic E-state index is 6.06. The Labute approximate surface area is 114 Å². The van der Waals surface area contributed by atoms with E-state index in [0.29, 0.717) is 16.0 Å². The van der Waals surface area contributed by atoms with Crippen molar-refractivity contribution in [1.29, 1.82) is 0 Å². The van der Waals surface area contributed by atoms with Gasteiger partial charge in [0.1, 0.15) is 16.4 Å². The first kappa shape index (κ1) is 13.0. The molecule has 7 heteroatoms. The van der Waals surface area contributed by atoms with Gasteiger partial charge in [-0.2, -0.15) is 0 Å².